The number of hydrogen-bond acceptors (Lipinski definition) is 4. The predicted octanol–water partition coefficient (Wildman–Crippen LogP) is 3.12. The molecule has 0 bridgehead atoms. The molecule has 2 aromatic rings. The van der Waals surface area contributed by atoms with Crippen molar-refractivity contribution in [1.82, 2.24) is 14.9 Å². The van der Waals surface area contributed by atoms with Crippen LogP contribution < -0.4 is 4.90 Å². The smallest absolute Gasteiger partial charge is 0.128 e. The van der Waals surface area contributed by atoms with E-state index in [1.807, 2.05) is 30.7 Å². The number of piperazine rings is 1. The first kappa shape index (κ1) is 14.5. The number of aromatic nitrogens is 2. The van der Waals surface area contributed by atoms with Gasteiger partial charge in [-0.1, -0.05) is 6.07 Å². The fourth-order valence-electron chi connectivity index (χ4n) is 2.73. The van der Waals surface area contributed by atoms with Crippen molar-refractivity contribution in [3.63, 3.8) is 0 Å². The second-order valence-electron chi connectivity index (χ2n) is 5.32. The van der Waals surface area contributed by atoms with Crippen LogP contribution in [0.2, 0.25) is 0 Å². The molecular weight excluding hydrogens is 328 g/mol. The van der Waals surface area contributed by atoms with Crippen molar-refractivity contribution in [2.24, 2.45) is 0 Å². The van der Waals surface area contributed by atoms with Crippen LogP contribution in [-0.2, 0) is 0 Å². The molecule has 0 radical (unpaired) electrons. The predicted molar refractivity (Wildman–Crippen MR) is 88.4 cm³/mol. The summed E-state index contributed by atoms with van der Waals surface area (Å²) >= 11 is 3.43. The summed E-state index contributed by atoms with van der Waals surface area (Å²) in [6, 6.07) is 8.70. The third-order valence-corrected chi connectivity index (χ3v) is 4.53. The minimum absolute atomic E-state index is 0.415. The molecule has 1 aliphatic rings. The van der Waals surface area contributed by atoms with Gasteiger partial charge < -0.3 is 4.90 Å². The molecule has 1 aliphatic heterocycles. The van der Waals surface area contributed by atoms with Gasteiger partial charge in [-0.05, 0) is 46.6 Å². The molecule has 0 N–H and O–H groups in total. The van der Waals surface area contributed by atoms with Crippen LogP contribution in [0.15, 0.2) is 47.3 Å². The van der Waals surface area contributed by atoms with Crippen LogP contribution in [0, 0.1) is 0 Å². The quantitative estimate of drug-likeness (QED) is 0.854. The van der Waals surface area contributed by atoms with Gasteiger partial charge in [0.05, 0.1) is 0 Å². The lowest BCUT2D eigenvalue weighted by Crippen LogP contribution is -2.47. The van der Waals surface area contributed by atoms with Crippen LogP contribution in [0.25, 0.3) is 0 Å². The van der Waals surface area contributed by atoms with Crippen LogP contribution >= 0.6 is 15.9 Å². The second kappa shape index (κ2) is 6.54. The van der Waals surface area contributed by atoms with E-state index in [9.17, 15) is 0 Å². The maximum atomic E-state index is 4.48. The molecule has 1 atom stereocenters. The molecule has 4 nitrogen and oxygen atoms in total. The van der Waals surface area contributed by atoms with E-state index >= 15 is 0 Å². The lowest BCUT2D eigenvalue weighted by Gasteiger charge is -2.38. The highest BCUT2D eigenvalue weighted by molar-refractivity contribution is 9.10. The van der Waals surface area contributed by atoms with Crippen molar-refractivity contribution in [3.8, 4) is 0 Å². The maximum absolute atomic E-state index is 4.48. The standard InChI is InChI=1S/C16H19BrN4/c1-13(14-3-2-6-18-11-14)20-7-9-21(10-8-20)16-5-4-15(17)12-19-16/h2-6,11-13H,7-10H2,1H3/t13-/m0/s1. The highest BCUT2D eigenvalue weighted by Crippen LogP contribution is 2.22. The Labute approximate surface area is 133 Å². The third-order valence-electron chi connectivity index (χ3n) is 4.06. The normalized spacial score (nSPS) is 17.7. The summed E-state index contributed by atoms with van der Waals surface area (Å²) in [5.41, 5.74) is 1.28. The number of nitrogens with zero attached hydrogens (tertiary/aromatic N) is 4. The minimum atomic E-state index is 0.415. The van der Waals surface area contributed by atoms with Gasteiger partial charge in [0, 0.05) is 55.3 Å². The summed E-state index contributed by atoms with van der Waals surface area (Å²) < 4.78 is 1.02. The first-order valence-corrected chi connectivity index (χ1v) is 8.04. The van der Waals surface area contributed by atoms with Gasteiger partial charge in [0.15, 0.2) is 0 Å². The molecule has 3 rings (SSSR count). The minimum Gasteiger partial charge on any atom is -0.354 e. The molecule has 0 aromatic carbocycles. The topological polar surface area (TPSA) is 32.3 Å². The molecular formula is C16H19BrN4. The molecule has 1 fully saturated rings. The first-order chi connectivity index (χ1) is 10.2. The van der Waals surface area contributed by atoms with Gasteiger partial charge in [-0.25, -0.2) is 4.98 Å². The van der Waals surface area contributed by atoms with E-state index in [0.717, 1.165) is 36.5 Å². The van der Waals surface area contributed by atoms with E-state index < -0.39 is 0 Å². The van der Waals surface area contributed by atoms with Crippen LogP contribution in [0.1, 0.15) is 18.5 Å². The van der Waals surface area contributed by atoms with Gasteiger partial charge >= 0.3 is 0 Å². The van der Waals surface area contributed by atoms with Gasteiger partial charge in [0.2, 0.25) is 0 Å². The monoisotopic (exact) mass is 346 g/mol. The Morgan fingerprint density at radius 1 is 1.10 bits per heavy atom. The number of pyridine rings is 2. The van der Waals surface area contributed by atoms with Crippen molar-refractivity contribution in [2.75, 3.05) is 31.1 Å². The number of rotatable bonds is 3. The summed E-state index contributed by atoms with van der Waals surface area (Å²) in [7, 11) is 0. The van der Waals surface area contributed by atoms with Gasteiger partial charge in [0.25, 0.3) is 0 Å². The molecule has 1 saturated heterocycles. The summed E-state index contributed by atoms with van der Waals surface area (Å²) in [5, 5.41) is 0. The summed E-state index contributed by atoms with van der Waals surface area (Å²) in [6.45, 7) is 6.38. The van der Waals surface area contributed by atoms with Crippen LogP contribution in [-0.4, -0.2) is 41.0 Å². The van der Waals surface area contributed by atoms with Gasteiger partial charge in [0.1, 0.15) is 5.82 Å². The SMILES string of the molecule is C[C@@H](c1cccnc1)N1CCN(c2ccc(Br)cn2)CC1. The van der Waals surface area contributed by atoms with Crippen LogP contribution in [0.5, 0.6) is 0 Å². The van der Waals surface area contributed by atoms with Crippen molar-refractivity contribution in [2.45, 2.75) is 13.0 Å². The van der Waals surface area contributed by atoms with Crippen molar-refractivity contribution >= 4 is 21.7 Å². The lowest BCUT2D eigenvalue weighted by atomic mass is 10.1. The van der Waals surface area contributed by atoms with Crippen molar-refractivity contribution in [1.29, 1.82) is 0 Å². The number of anilines is 1. The second-order valence-corrected chi connectivity index (χ2v) is 6.24. The zero-order valence-electron chi connectivity index (χ0n) is 12.1. The van der Waals surface area contributed by atoms with E-state index in [4.69, 9.17) is 0 Å². The van der Waals surface area contributed by atoms with Gasteiger partial charge in [-0.15, -0.1) is 0 Å². The Hall–Kier alpha value is -1.46. The summed E-state index contributed by atoms with van der Waals surface area (Å²) in [6.07, 6.45) is 5.65. The number of hydrogen-bond donors (Lipinski definition) is 0. The highest BCUT2D eigenvalue weighted by atomic mass is 79.9. The first-order valence-electron chi connectivity index (χ1n) is 7.24. The average Bonchev–Trinajstić information content (AvgIpc) is 2.56. The Kier molecular flexibility index (Phi) is 4.51. The Morgan fingerprint density at radius 3 is 2.52 bits per heavy atom. The summed E-state index contributed by atoms with van der Waals surface area (Å²) in [5.74, 6) is 1.06. The molecule has 0 aliphatic carbocycles. The Balaban J connectivity index is 1.61. The molecule has 2 aromatic heterocycles. The zero-order valence-corrected chi connectivity index (χ0v) is 13.7. The maximum Gasteiger partial charge on any atom is 0.128 e. The van der Waals surface area contributed by atoms with E-state index in [0.29, 0.717) is 6.04 Å². The summed E-state index contributed by atoms with van der Waals surface area (Å²) in [4.78, 5) is 13.6. The lowest BCUT2D eigenvalue weighted by molar-refractivity contribution is 0.198. The Morgan fingerprint density at radius 2 is 1.90 bits per heavy atom. The van der Waals surface area contributed by atoms with Gasteiger partial charge in [-0.3, -0.25) is 9.88 Å². The highest BCUT2D eigenvalue weighted by Gasteiger charge is 2.22. The van der Waals surface area contributed by atoms with Crippen LogP contribution in [0.3, 0.4) is 0 Å². The van der Waals surface area contributed by atoms with Crippen molar-refractivity contribution in [3.05, 3.63) is 52.9 Å². The molecule has 0 amide bonds. The van der Waals surface area contributed by atoms with Crippen molar-refractivity contribution < 1.29 is 0 Å². The third kappa shape index (κ3) is 3.41. The van der Waals surface area contributed by atoms with E-state index in [-0.39, 0.29) is 0 Å². The Bertz CT molecular complexity index is 565. The molecule has 0 unspecified atom stereocenters. The molecule has 0 saturated carbocycles. The molecule has 110 valence electrons. The van der Waals surface area contributed by atoms with E-state index in [1.165, 1.54) is 5.56 Å². The van der Waals surface area contributed by atoms with E-state index in [2.05, 4.69) is 54.8 Å². The molecule has 0 spiro atoms. The van der Waals surface area contributed by atoms with Gasteiger partial charge in [-0.2, -0.15) is 0 Å². The number of halogens is 1. The zero-order chi connectivity index (χ0) is 14.7. The fraction of sp³-hybridized carbons (Fsp3) is 0.375. The largest absolute Gasteiger partial charge is 0.354 e. The molecule has 21 heavy (non-hydrogen) atoms. The van der Waals surface area contributed by atoms with Crippen LogP contribution in [0.4, 0.5) is 5.82 Å². The molecule has 5 heteroatoms. The average molecular weight is 347 g/mol. The van der Waals surface area contributed by atoms with E-state index in [1.54, 1.807) is 0 Å². The fourth-order valence-corrected chi connectivity index (χ4v) is 2.96. The molecule has 3 heterocycles.